The minimum atomic E-state index is -0.551. The SMILES string of the molecule is CC(C)(C)OC(=O)N1C(=O)[C@@H]2CC=C[C@@H]21. The number of rotatable bonds is 0. The Kier molecular flexibility index (Phi) is 2.10. The van der Waals surface area contributed by atoms with Crippen molar-refractivity contribution in [2.45, 2.75) is 38.8 Å². The van der Waals surface area contributed by atoms with Crippen LogP contribution in [0.4, 0.5) is 4.79 Å². The molecule has 2 rings (SSSR count). The molecule has 4 heteroatoms. The number of carbonyl (C=O) groups excluding carboxylic acids is 2. The van der Waals surface area contributed by atoms with Gasteiger partial charge in [-0.25, -0.2) is 9.69 Å². The van der Waals surface area contributed by atoms with Crippen molar-refractivity contribution in [3.63, 3.8) is 0 Å². The molecule has 1 aliphatic carbocycles. The van der Waals surface area contributed by atoms with Gasteiger partial charge in [0.15, 0.2) is 0 Å². The molecule has 0 bridgehead atoms. The van der Waals surface area contributed by atoms with Crippen molar-refractivity contribution in [1.82, 2.24) is 4.90 Å². The van der Waals surface area contributed by atoms with E-state index < -0.39 is 11.7 Å². The number of β-lactam (4-membered cyclic amide) rings is 1. The minimum Gasteiger partial charge on any atom is -0.443 e. The zero-order valence-corrected chi connectivity index (χ0v) is 9.19. The lowest BCUT2D eigenvalue weighted by molar-refractivity contribution is -0.149. The van der Waals surface area contributed by atoms with Crippen molar-refractivity contribution in [2.24, 2.45) is 5.92 Å². The highest BCUT2D eigenvalue weighted by atomic mass is 16.6. The first-order valence-corrected chi connectivity index (χ1v) is 5.13. The van der Waals surface area contributed by atoms with E-state index in [0.29, 0.717) is 0 Å². The number of ether oxygens (including phenoxy) is 1. The van der Waals surface area contributed by atoms with Gasteiger partial charge in [0.25, 0.3) is 0 Å². The Morgan fingerprint density at radius 3 is 2.80 bits per heavy atom. The second-order valence-electron chi connectivity index (χ2n) is 4.95. The van der Waals surface area contributed by atoms with Crippen LogP contribution in [0.25, 0.3) is 0 Å². The molecule has 1 aliphatic heterocycles. The lowest BCUT2D eigenvalue weighted by atomic mass is 9.91. The van der Waals surface area contributed by atoms with Crippen LogP contribution in [0.2, 0.25) is 0 Å². The highest BCUT2D eigenvalue weighted by molar-refractivity contribution is 6.00. The van der Waals surface area contributed by atoms with Crippen LogP contribution in [0.3, 0.4) is 0 Å². The largest absolute Gasteiger partial charge is 0.443 e. The van der Waals surface area contributed by atoms with Gasteiger partial charge in [-0.1, -0.05) is 12.2 Å². The highest BCUT2D eigenvalue weighted by Crippen LogP contribution is 2.36. The first-order chi connectivity index (χ1) is 6.90. The summed E-state index contributed by atoms with van der Waals surface area (Å²) in [6.07, 6.45) is 4.07. The second-order valence-corrected chi connectivity index (χ2v) is 4.95. The number of hydrogen-bond donors (Lipinski definition) is 0. The van der Waals surface area contributed by atoms with Crippen LogP contribution in [0.1, 0.15) is 27.2 Å². The normalized spacial score (nSPS) is 28.7. The van der Waals surface area contributed by atoms with E-state index in [1.165, 1.54) is 4.90 Å². The van der Waals surface area contributed by atoms with Gasteiger partial charge in [-0.3, -0.25) is 4.79 Å². The summed E-state index contributed by atoms with van der Waals surface area (Å²) in [5.41, 5.74) is -0.551. The van der Waals surface area contributed by atoms with Crippen LogP contribution in [0.5, 0.6) is 0 Å². The molecule has 15 heavy (non-hydrogen) atoms. The summed E-state index contributed by atoms with van der Waals surface area (Å²) in [4.78, 5) is 24.4. The van der Waals surface area contributed by atoms with Crippen LogP contribution in [-0.4, -0.2) is 28.5 Å². The van der Waals surface area contributed by atoms with Crippen molar-refractivity contribution < 1.29 is 14.3 Å². The van der Waals surface area contributed by atoms with Gasteiger partial charge < -0.3 is 4.74 Å². The predicted octanol–water partition coefficient (Wildman–Crippen LogP) is 1.71. The molecule has 1 heterocycles. The molecule has 0 unspecified atom stereocenters. The van der Waals surface area contributed by atoms with Gasteiger partial charge in [0.05, 0.1) is 12.0 Å². The summed E-state index contributed by atoms with van der Waals surface area (Å²) in [5.74, 6) is -0.128. The van der Waals surface area contributed by atoms with E-state index in [9.17, 15) is 9.59 Å². The topological polar surface area (TPSA) is 46.6 Å². The lowest BCUT2D eigenvalue weighted by Crippen LogP contribution is -2.61. The fourth-order valence-electron chi connectivity index (χ4n) is 1.92. The molecule has 2 amide bonds. The van der Waals surface area contributed by atoms with Gasteiger partial charge in [-0.15, -0.1) is 0 Å². The van der Waals surface area contributed by atoms with Crippen LogP contribution in [0, 0.1) is 5.92 Å². The number of fused-ring (bicyclic) bond motifs is 1. The number of imide groups is 1. The molecular weight excluding hydrogens is 194 g/mol. The minimum absolute atomic E-state index is 0.0162. The average molecular weight is 209 g/mol. The van der Waals surface area contributed by atoms with E-state index in [1.54, 1.807) is 20.8 Å². The van der Waals surface area contributed by atoms with Crippen molar-refractivity contribution in [3.05, 3.63) is 12.2 Å². The Morgan fingerprint density at radius 1 is 1.53 bits per heavy atom. The number of nitrogens with zero attached hydrogens (tertiary/aromatic N) is 1. The zero-order chi connectivity index (χ0) is 11.2. The summed E-state index contributed by atoms with van der Waals surface area (Å²) >= 11 is 0. The number of allylic oxidation sites excluding steroid dienone is 1. The van der Waals surface area contributed by atoms with Gasteiger partial charge in [-0.05, 0) is 27.2 Å². The average Bonchev–Trinajstić information content (AvgIpc) is 2.44. The van der Waals surface area contributed by atoms with Gasteiger partial charge in [0.1, 0.15) is 5.60 Å². The molecule has 1 fully saturated rings. The van der Waals surface area contributed by atoms with Crippen molar-refractivity contribution >= 4 is 12.0 Å². The Labute approximate surface area is 88.9 Å². The van der Waals surface area contributed by atoms with Gasteiger partial charge >= 0.3 is 6.09 Å². The summed E-state index contributed by atoms with van der Waals surface area (Å²) < 4.78 is 5.15. The van der Waals surface area contributed by atoms with E-state index in [0.717, 1.165) is 6.42 Å². The van der Waals surface area contributed by atoms with Crippen LogP contribution in [0.15, 0.2) is 12.2 Å². The Hall–Kier alpha value is -1.32. The van der Waals surface area contributed by atoms with Crippen LogP contribution >= 0.6 is 0 Å². The first kappa shape index (κ1) is 10.2. The molecular formula is C11H15NO3. The fraction of sp³-hybridized carbons (Fsp3) is 0.636. The maximum atomic E-state index is 11.6. The Balaban J connectivity index is 2.03. The maximum Gasteiger partial charge on any atom is 0.417 e. The summed E-state index contributed by atoms with van der Waals surface area (Å²) in [6, 6.07) is -0.0626. The van der Waals surface area contributed by atoms with Crippen LogP contribution in [-0.2, 0) is 9.53 Å². The number of amides is 2. The molecule has 0 aromatic heterocycles. The van der Waals surface area contributed by atoms with Crippen molar-refractivity contribution in [1.29, 1.82) is 0 Å². The van der Waals surface area contributed by atoms with E-state index in [-0.39, 0.29) is 17.9 Å². The molecule has 82 valence electrons. The van der Waals surface area contributed by atoms with Gasteiger partial charge in [0.2, 0.25) is 5.91 Å². The third kappa shape index (κ3) is 1.64. The monoisotopic (exact) mass is 209 g/mol. The van der Waals surface area contributed by atoms with Gasteiger partial charge in [-0.2, -0.15) is 0 Å². The third-order valence-electron chi connectivity index (χ3n) is 2.58. The molecule has 0 radical (unpaired) electrons. The standard InChI is InChI=1S/C11H15NO3/c1-11(2,3)15-10(14)12-8-6-4-5-7(8)9(12)13/h4,6-8H,5H2,1-3H3/t7-,8+/m1/s1. The number of hydrogen-bond acceptors (Lipinski definition) is 3. The van der Waals surface area contributed by atoms with E-state index in [2.05, 4.69) is 0 Å². The molecule has 4 nitrogen and oxygen atoms in total. The van der Waals surface area contributed by atoms with E-state index in [1.807, 2.05) is 12.2 Å². The highest BCUT2D eigenvalue weighted by Gasteiger charge is 2.51. The molecule has 1 saturated heterocycles. The summed E-state index contributed by atoms with van der Waals surface area (Å²) in [7, 11) is 0. The zero-order valence-electron chi connectivity index (χ0n) is 9.19. The Bertz CT molecular complexity index is 340. The quantitative estimate of drug-likeness (QED) is 0.450. The van der Waals surface area contributed by atoms with E-state index in [4.69, 9.17) is 4.74 Å². The summed E-state index contributed by atoms with van der Waals surface area (Å²) in [6.45, 7) is 5.37. The van der Waals surface area contributed by atoms with Gasteiger partial charge in [0, 0.05) is 0 Å². The van der Waals surface area contributed by atoms with Crippen molar-refractivity contribution in [3.8, 4) is 0 Å². The molecule has 0 N–H and O–H groups in total. The van der Waals surface area contributed by atoms with Crippen molar-refractivity contribution in [2.75, 3.05) is 0 Å². The predicted molar refractivity (Wildman–Crippen MR) is 54.1 cm³/mol. The molecule has 0 spiro atoms. The number of likely N-dealkylation sites (tertiary alicyclic amines) is 1. The van der Waals surface area contributed by atoms with E-state index >= 15 is 0 Å². The fourth-order valence-corrected chi connectivity index (χ4v) is 1.92. The maximum absolute atomic E-state index is 11.6. The Morgan fingerprint density at radius 2 is 2.20 bits per heavy atom. The van der Waals surface area contributed by atoms with Crippen LogP contribution < -0.4 is 0 Å². The summed E-state index contributed by atoms with van der Waals surface area (Å²) in [5, 5.41) is 0. The third-order valence-corrected chi connectivity index (χ3v) is 2.58. The smallest absolute Gasteiger partial charge is 0.417 e. The molecule has 0 saturated carbocycles. The second kappa shape index (κ2) is 3.08. The molecule has 0 aromatic carbocycles. The molecule has 2 atom stereocenters. The first-order valence-electron chi connectivity index (χ1n) is 5.13. The molecule has 0 aromatic rings. The molecule has 2 aliphatic rings. The number of carbonyl (C=O) groups is 2. The lowest BCUT2D eigenvalue weighted by Gasteiger charge is -2.41.